The zero-order valence-corrected chi connectivity index (χ0v) is 4.71. The van der Waals surface area contributed by atoms with Crippen LogP contribution in [0, 0.1) is 6.57 Å². The lowest BCUT2D eigenvalue weighted by molar-refractivity contribution is -0.135. The maximum atomic E-state index is 10.3. The number of esters is 1. The molecule has 4 nitrogen and oxygen atoms in total. The van der Waals surface area contributed by atoms with Crippen LogP contribution in [0.5, 0.6) is 0 Å². The number of methoxy groups -OCH3 is 1. The molecule has 0 amide bonds. The van der Waals surface area contributed by atoms with Crippen molar-refractivity contribution in [2.45, 2.75) is 0 Å². The molecule has 0 atom stereocenters. The summed E-state index contributed by atoms with van der Waals surface area (Å²) in [6, 6.07) is 0. The average molecular weight is 123 g/mol. The van der Waals surface area contributed by atoms with E-state index in [1.807, 2.05) is 0 Å². The van der Waals surface area contributed by atoms with Gasteiger partial charge in [-0.2, -0.15) is 0 Å². The molecule has 0 saturated heterocycles. The Morgan fingerprint density at radius 2 is 2.44 bits per heavy atom. The van der Waals surface area contributed by atoms with E-state index in [1.165, 1.54) is 5.87 Å². The topological polar surface area (TPSA) is 53.0 Å². The van der Waals surface area contributed by atoms with Crippen LogP contribution in [-0.4, -0.2) is 18.9 Å². The van der Waals surface area contributed by atoms with E-state index in [0.29, 0.717) is 0 Å². The molecule has 0 unspecified atom stereocenters. The fourth-order valence-electron chi connectivity index (χ4n) is 0.213. The summed E-state index contributed by atoms with van der Waals surface area (Å²) in [6.07, 6.45) is 0. The highest BCUT2D eigenvalue weighted by atomic mass is 16.5. The first-order valence-corrected chi connectivity index (χ1v) is 1.99. The van der Waals surface area contributed by atoms with E-state index >= 15 is 0 Å². The van der Waals surface area contributed by atoms with Crippen LogP contribution in [0.3, 0.4) is 0 Å². The summed E-state index contributed by atoms with van der Waals surface area (Å²) in [5.41, 5.74) is -0.544. The van der Waals surface area contributed by atoms with Gasteiger partial charge in [-0.1, -0.05) is 0 Å². The molecule has 0 aliphatic carbocycles. The van der Waals surface area contributed by atoms with Gasteiger partial charge < -0.3 is 10.1 Å². The minimum atomic E-state index is -0.882. The molecule has 0 rings (SSSR count). The number of carbonyl (C=O) groups is 1. The van der Waals surface area contributed by atoms with Crippen molar-refractivity contribution in [1.82, 2.24) is 0 Å². The third-order valence-corrected chi connectivity index (χ3v) is 0.596. The van der Waals surface area contributed by atoms with Gasteiger partial charge in [-0.25, -0.2) is 4.85 Å². The van der Waals surface area contributed by atoms with E-state index < -0.39 is 11.7 Å². The van der Waals surface area contributed by atoms with Gasteiger partial charge in [0.05, 0.1) is 13.7 Å². The van der Waals surface area contributed by atoms with Gasteiger partial charge in [-0.3, -0.25) is 10.7 Å². The Hall–Kier alpha value is -1.59. The van der Waals surface area contributed by atoms with Crippen LogP contribution in [0.1, 0.15) is 0 Å². The third kappa shape index (κ3) is 1.76. The number of ether oxygens (including phenoxy) is 1. The van der Waals surface area contributed by atoms with E-state index in [4.69, 9.17) is 12.0 Å². The predicted molar refractivity (Wildman–Crippen MR) is 30.5 cm³/mol. The summed E-state index contributed by atoms with van der Waals surface area (Å²) in [4.78, 5) is 12.9. The van der Waals surface area contributed by atoms with Crippen molar-refractivity contribution in [3.63, 3.8) is 0 Å². The van der Waals surface area contributed by atoms with Crippen molar-refractivity contribution in [3.8, 4) is 0 Å². The molecular weight excluding hydrogens is 120 g/mol. The zero-order valence-electron chi connectivity index (χ0n) is 4.71. The fraction of sp³-hybridized carbons (Fsp3) is 0.200. The monoisotopic (exact) mass is 123 g/mol. The van der Waals surface area contributed by atoms with Gasteiger partial charge in [-0.15, -0.1) is 0 Å². The van der Waals surface area contributed by atoms with E-state index in [1.54, 1.807) is 0 Å². The van der Waals surface area contributed by atoms with Crippen LogP contribution >= 0.6 is 0 Å². The highest BCUT2D eigenvalue weighted by Gasteiger charge is 2.04. The van der Waals surface area contributed by atoms with Gasteiger partial charge in [0.2, 0.25) is 0 Å². The molecule has 0 aromatic heterocycles. The van der Waals surface area contributed by atoms with Crippen LogP contribution in [0.15, 0.2) is 5.70 Å². The van der Waals surface area contributed by atoms with Crippen LogP contribution < -0.4 is 0 Å². The summed E-state index contributed by atoms with van der Waals surface area (Å²) in [7, 11) is 1.12. The van der Waals surface area contributed by atoms with Crippen molar-refractivity contribution in [3.05, 3.63) is 22.5 Å². The Balaban J connectivity index is 4.39. The zero-order chi connectivity index (χ0) is 7.28. The minimum Gasteiger partial charge on any atom is -0.775 e. The first-order valence-electron chi connectivity index (χ1n) is 1.99. The molecule has 0 bridgehead atoms. The third-order valence-electron chi connectivity index (χ3n) is 0.596. The number of rotatable bonds is 1. The molecule has 0 aromatic rings. The normalized spacial score (nSPS) is 6.67. The minimum absolute atomic E-state index is 0.544. The van der Waals surface area contributed by atoms with E-state index in [2.05, 4.69) is 9.58 Å². The Bertz CT molecular complexity index is 207. The molecule has 9 heavy (non-hydrogen) atoms. The molecule has 0 radical (unpaired) electrons. The number of hydrogen-bond donors (Lipinski definition) is 0. The molecule has 0 spiro atoms. The van der Waals surface area contributed by atoms with Gasteiger partial charge in [-0.05, 0) is 0 Å². The van der Waals surface area contributed by atoms with E-state index in [0.717, 1.165) is 7.11 Å². The lowest BCUT2D eigenvalue weighted by Gasteiger charge is -1.91. The SMILES string of the molecule is [C-]#[N+]C(=C=[N-])C(=O)OC. The molecule has 46 valence electrons. The Labute approximate surface area is 52.1 Å². The number of nitrogens with zero attached hydrogens (tertiary/aromatic N) is 2. The van der Waals surface area contributed by atoms with Crippen molar-refractivity contribution in [2.75, 3.05) is 7.11 Å². The standard InChI is InChI=1S/C5H3N2O2/c1-7-4(3-6)5(8)9-2/h2H3/q-1. The van der Waals surface area contributed by atoms with Crippen LogP contribution in [0.25, 0.3) is 10.3 Å². The van der Waals surface area contributed by atoms with E-state index in [9.17, 15) is 4.79 Å². The summed E-state index contributed by atoms with van der Waals surface area (Å²) in [5.74, 6) is 0.508. The molecule has 0 saturated carbocycles. The molecular formula is C5H3N2O2-. The molecule has 0 aliphatic rings. The van der Waals surface area contributed by atoms with E-state index in [-0.39, 0.29) is 0 Å². The molecule has 0 aromatic carbocycles. The van der Waals surface area contributed by atoms with Crippen molar-refractivity contribution >= 4 is 11.8 Å². The van der Waals surface area contributed by atoms with Gasteiger partial charge in [0, 0.05) is 0 Å². The summed E-state index contributed by atoms with van der Waals surface area (Å²) < 4.78 is 4.08. The van der Waals surface area contributed by atoms with Crippen LogP contribution in [-0.2, 0) is 9.53 Å². The number of hydrogen-bond acceptors (Lipinski definition) is 2. The maximum Gasteiger partial charge on any atom is 0.342 e. The molecule has 0 fully saturated rings. The predicted octanol–water partition coefficient (Wildman–Crippen LogP) is 0.202. The van der Waals surface area contributed by atoms with Gasteiger partial charge >= 0.3 is 5.97 Å². The number of carbonyl (C=O) groups excluding carboxylic acids is 1. The smallest absolute Gasteiger partial charge is 0.342 e. The highest BCUT2D eigenvalue weighted by Crippen LogP contribution is 1.91. The molecule has 0 heterocycles. The molecule has 0 N–H and O–H groups in total. The first kappa shape index (κ1) is 7.41. The van der Waals surface area contributed by atoms with Crippen LogP contribution in [0.2, 0.25) is 0 Å². The van der Waals surface area contributed by atoms with Crippen molar-refractivity contribution < 1.29 is 9.53 Å². The van der Waals surface area contributed by atoms with Crippen molar-refractivity contribution in [1.29, 1.82) is 0 Å². The first-order chi connectivity index (χ1) is 4.26. The summed E-state index contributed by atoms with van der Waals surface area (Å²) in [5, 5.41) is 8.03. The van der Waals surface area contributed by atoms with Gasteiger partial charge in [0.25, 0.3) is 5.70 Å². The average Bonchev–Trinajstić information content (AvgIpc) is 1.90. The highest BCUT2D eigenvalue weighted by molar-refractivity contribution is 6.00. The van der Waals surface area contributed by atoms with Crippen molar-refractivity contribution in [2.24, 2.45) is 0 Å². The Morgan fingerprint density at radius 1 is 1.89 bits per heavy atom. The second-order valence-corrected chi connectivity index (χ2v) is 1.06. The largest absolute Gasteiger partial charge is 0.775 e. The fourth-order valence-corrected chi connectivity index (χ4v) is 0.213. The maximum absolute atomic E-state index is 10.3. The van der Waals surface area contributed by atoms with Crippen LogP contribution in [0.4, 0.5) is 0 Å². The lowest BCUT2D eigenvalue weighted by atomic mass is 10.5. The molecule has 4 heteroatoms. The second kappa shape index (κ2) is 3.42. The van der Waals surface area contributed by atoms with Gasteiger partial charge in [0.1, 0.15) is 0 Å². The molecule has 0 aliphatic heterocycles. The summed E-state index contributed by atoms with van der Waals surface area (Å²) >= 11 is 0. The lowest BCUT2D eigenvalue weighted by Crippen LogP contribution is -2.00. The Morgan fingerprint density at radius 3 is 2.56 bits per heavy atom. The summed E-state index contributed by atoms with van der Waals surface area (Å²) in [6.45, 7) is 6.26. The quantitative estimate of drug-likeness (QED) is 0.216. The second-order valence-electron chi connectivity index (χ2n) is 1.06. The Kier molecular flexibility index (Phi) is 2.81. The van der Waals surface area contributed by atoms with Gasteiger partial charge in [0.15, 0.2) is 0 Å².